The van der Waals surface area contributed by atoms with Crippen molar-refractivity contribution in [3.8, 4) is 0 Å². The molecular weight excluding hydrogens is 372 g/mol. The van der Waals surface area contributed by atoms with Crippen LogP contribution in [0.25, 0.3) is 0 Å². The van der Waals surface area contributed by atoms with E-state index in [4.69, 9.17) is 4.74 Å². The van der Waals surface area contributed by atoms with Crippen LogP contribution in [0.2, 0.25) is 0 Å². The summed E-state index contributed by atoms with van der Waals surface area (Å²) in [6.07, 6.45) is 21.3. The number of carbonyl (C=O) groups is 1. The monoisotopic (exact) mass is 420 g/mol. The third-order valence-electron chi connectivity index (χ3n) is 7.89. The van der Waals surface area contributed by atoms with E-state index in [1.807, 2.05) is 0 Å². The topological polar surface area (TPSA) is 46.5 Å². The first kappa shape index (κ1) is 25.4. The zero-order chi connectivity index (χ0) is 21.8. The van der Waals surface area contributed by atoms with E-state index < -0.39 is 0 Å². The molecule has 0 radical (unpaired) electrons. The van der Waals surface area contributed by atoms with Crippen molar-refractivity contribution in [3.05, 3.63) is 12.2 Å². The summed E-state index contributed by atoms with van der Waals surface area (Å²) in [5.74, 6) is 3.29. The van der Waals surface area contributed by atoms with Crippen LogP contribution in [-0.4, -0.2) is 23.8 Å². The first-order valence-corrected chi connectivity index (χ1v) is 13.0. The van der Waals surface area contributed by atoms with Gasteiger partial charge in [0.15, 0.2) is 0 Å². The highest BCUT2D eigenvalue weighted by molar-refractivity contribution is 5.87. The maximum absolute atomic E-state index is 11.7. The molecule has 0 heterocycles. The lowest BCUT2D eigenvalue weighted by molar-refractivity contribution is -0.146. The minimum atomic E-state index is -0.380. The SMILES string of the molecule is C=C(C)C(=O)OC(CO)CCC1CCC(C2CCC(CCCCCCC)CC2)CC1. The molecule has 2 aliphatic rings. The van der Waals surface area contributed by atoms with Crippen LogP contribution < -0.4 is 0 Å². The fourth-order valence-corrected chi connectivity index (χ4v) is 5.79. The zero-order valence-electron chi connectivity index (χ0n) is 19.9. The molecule has 0 saturated heterocycles. The van der Waals surface area contributed by atoms with Crippen LogP contribution in [0.4, 0.5) is 0 Å². The van der Waals surface area contributed by atoms with Crippen molar-refractivity contribution in [3.63, 3.8) is 0 Å². The van der Waals surface area contributed by atoms with E-state index in [2.05, 4.69) is 13.5 Å². The second kappa shape index (κ2) is 14.3. The second-order valence-electron chi connectivity index (χ2n) is 10.3. The van der Waals surface area contributed by atoms with Gasteiger partial charge in [0.1, 0.15) is 6.10 Å². The average molecular weight is 421 g/mol. The first-order chi connectivity index (χ1) is 14.5. The maximum Gasteiger partial charge on any atom is 0.333 e. The summed E-state index contributed by atoms with van der Waals surface area (Å²) in [5.41, 5.74) is 0.403. The van der Waals surface area contributed by atoms with Crippen molar-refractivity contribution in [2.45, 2.75) is 123 Å². The lowest BCUT2D eigenvalue weighted by Crippen LogP contribution is -2.27. The molecule has 3 nitrogen and oxygen atoms in total. The van der Waals surface area contributed by atoms with Gasteiger partial charge >= 0.3 is 5.97 Å². The molecule has 0 aromatic rings. The van der Waals surface area contributed by atoms with Crippen molar-refractivity contribution in [1.29, 1.82) is 0 Å². The molecular formula is C27H48O3. The lowest BCUT2D eigenvalue weighted by atomic mass is 9.68. The van der Waals surface area contributed by atoms with Gasteiger partial charge in [0.25, 0.3) is 0 Å². The highest BCUT2D eigenvalue weighted by Gasteiger charge is 2.31. The van der Waals surface area contributed by atoms with Crippen molar-refractivity contribution >= 4 is 5.97 Å². The normalized spacial score (nSPS) is 28.1. The maximum atomic E-state index is 11.7. The number of hydrogen-bond acceptors (Lipinski definition) is 3. The van der Waals surface area contributed by atoms with E-state index in [0.29, 0.717) is 5.57 Å². The Morgan fingerprint density at radius 1 is 0.900 bits per heavy atom. The number of unbranched alkanes of at least 4 members (excludes halogenated alkanes) is 4. The van der Waals surface area contributed by atoms with Gasteiger partial charge in [-0.3, -0.25) is 0 Å². The molecule has 2 rings (SSSR count). The van der Waals surface area contributed by atoms with Gasteiger partial charge in [-0.15, -0.1) is 0 Å². The molecule has 1 atom stereocenters. The zero-order valence-corrected chi connectivity index (χ0v) is 19.9. The number of carbonyl (C=O) groups excluding carboxylic acids is 1. The van der Waals surface area contributed by atoms with E-state index in [0.717, 1.165) is 36.5 Å². The van der Waals surface area contributed by atoms with E-state index in [1.165, 1.54) is 89.9 Å². The quantitative estimate of drug-likeness (QED) is 0.194. The minimum absolute atomic E-state index is 0.0871. The summed E-state index contributed by atoms with van der Waals surface area (Å²) in [4.78, 5) is 11.7. The van der Waals surface area contributed by atoms with Gasteiger partial charge in [-0.2, -0.15) is 0 Å². The number of ether oxygens (including phenoxy) is 1. The molecule has 174 valence electrons. The standard InChI is InChI=1S/C27H48O3/c1-4-5-6-7-8-9-22-10-15-24(16-11-22)25-17-12-23(13-18-25)14-19-26(20-28)30-27(29)21(2)3/h22-26,28H,2,4-20H2,1,3H3. The van der Waals surface area contributed by atoms with Crippen LogP contribution >= 0.6 is 0 Å². The summed E-state index contributed by atoms with van der Waals surface area (Å²) < 4.78 is 5.34. The average Bonchev–Trinajstić information content (AvgIpc) is 2.77. The van der Waals surface area contributed by atoms with Crippen LogP contribution in [0.15, 0.2) is 12.2 Å². The van der Waals surface area contributed by atoms with Gasteiger partial charge in [-0.1, -0.05) is 77.7 Å². The first-order valence-electron chi connectivity index (χ1n) is 13.0. The fraction of sp³-hybridized carbons (Fsp3) is 0.889. The summed E-state index contributed by atoms with van der Waals surface area (Å²) >= 11 is 0. The molecule has 0 spiro atoms. The van der Waals surface area contributed by atoms with Crippen LogP contribution in [0.3, 0.4) is 0 Å². The van der Waals surface area contributed by atoms with Crippen LogP contribution in [0.1, 0.15) is 117 Å². The Morgan fingerprint density at radius 3 is 1.93 bits per heavy atom. The van der Waals surface area contributed by atoms with Crippen molar-refractivity contribution < 1.29 is 14.6 Å². The second-order valence-corrected chi connectivity index (χ2v) is 10.3. The summed E-state index contributed by atoms with van der Waals surface area (Å²) in [6, 6.07) is 0. The lowest BCUT2D eigenvalue weighted by Gasteiger charge is -2.38. The van der Waals surface area contributed by atoms with Crippen LogP contribution in [0.5, 0.6) is 0 Å². The van der Waals surface area contributed by atoms with E-state index >= 15 is 0 Å². The Morgan fingerprint density at radius 2 is 1.43 bits per heavy atom. The van der Waals surface area contributed by atoms with Gasteiger partial charge in [-0.25, -0.2) is 4.79 Å². The third-order valence-corrected chi connectivity index (χ3v) is 7.89. The number of esters is 1. The van der Waals surface area contributed by atoms with Crippen molar-refractivity contribution in [2.75, 3.05) is 6.61 Å². The van der Waals surface area contributed by atoms with Gasteiger partial charge in [-0.05, 0) is 69.1 Å². The molecule has 2 aliphatic carbocycles. The molecule has 1 unspecified atom stereocenters. The molecule has 2 fully saturated rings. The van der Waals surface area contributed by atoms with E-state index in [-0.39, 0.29) is 18.7 Å². The predicted octanol–water partition coefficient (Wildman–Crippen LogP) is 7.22. The van der Waals surface area contributed by atoms with Gasteiger partial charge < -0.3 is 9.84 Å². The van der Waals surface area contributed by atoms with E-state index in [9.17, 15) is 9.90 Å². The van der Waals surface area contributed by atoms with Gasteiger partial charge in [0.2, 0.25) is 0 Å². The van der Waals surface area contributed by atoms with Crippen molar-refractivity contribution in [2.24, 2.45) is 23.7 Å². The Labute approximate surface area is 186 Å². The Balaban J connectivity index is 1.58. The van der Waals surface area contributed by atoms with Crippen LogP contribution in [0, 0.1) is 23.7 Å². The number of aliphatic hydroxyl groups excluding tert-OH is 1. The summed E-state index contributed by atoms with van der Waals surface area (Å²) in [6.45, 7) is 7.48. The fourth-order valence-electron chi connectivity index (χ4n) is 5.79. The summed E-state index contributed by atoms with van der Waals surface area (Å²) in [7, 11) is 0. The molecule has 0 aliphatic heterocycles. The molecule has 0 amide bonds. The molecule has 3 heteroatoms. The minimum Gasteiger partial charge on any atom is -0.457 e. The molecule has 0 aromatic carbocycles. The van der Waals surface area contributed by atoms with Crippen LogP contribution in [-0.2, 0) is 9.53 Å². The van der Waals surface area contributed by atoms with Gasteiger partial charge in [0, 0.05) is 5.57 Å². The summed E-state index contributed by atoms with van der Waals surface area (Å²) in [5, 5.41) is 9.50. The number of aliphatic hydroxyl groups is 1. The predicted molar refractivity (Wildman–Crippen MR) is 125 cm³/mol. The molecule has 30 heavy (non-hydrogen) atoms. The highest BCUT2D eigenvalue weighted by Crippen LogP contribution is 2.43. The Hall–Kier alpha value is -0.830. The van der Waals surface area contributed by atoms with E-state index in [1.54, 1.807) is 6.92 Å². The molecule has 1 N–H and O–H groups in total. The third kappa shape index (κ3) is 9.12. The molecule has 0 aromatic heterocycles. The highest BCUT2D eigenvalue weighted by atomic mass is 16.6. The van der Waals surface area contributed by atoms with Crippen molar-refractivity contribution in [1.82, 2.24) is 0 Å². The van der Waals surface area contributed by atoms with Gasteiger partial charge in [0.05, 0.1) is 6.61 Å². The smallest absolute Gasteiger partial charge is 0.333 e. The number of rotatable bonds is 13. The molecule has 0 bridgehead atoms. The number of hydrogen-bond donors (Lipinski definition) is 1. The Kier molecular flexibility index (Phi) is 12.1. The largest absolute Gasteiger partial charge is 0.457 e. The molecule has 2 saturated carbocycles. The Bertz CT molecular complexity index is 484.